The molecule has 17 heavy (non-hydrogen) atoms. The van der Waals surface area contributed by atoms with Gasteiger partial charge in [0.1, 0.15) is 0 Å². The lowest BCUT2D eigenvalue weighted by atomic mass is 9.93. The van der Waals surface area contributed by atoms with Crippen molar-refractivity contribution in [2.24, 2.45) is 5.92 Å². The Kier molecular flexibility index (Phi) is 3.00. The SMILES string of the molecule is CC(C)(C)N1CC(N2CC(C#N)C2)CC1(C)C. The highest BCUT2D eigenvalue weighted by atomic mass is 15.3. The molecule has 0 aromatic heterocycles. The third-order valence-corrected chi connectivity index (χ3v) is 4.28. The van der Waals surface area contributed by atoms with Crippen molar-refractivity contribution in [1.82, 2.24) is 9.80 Å². The first kappa shape index (κ1) is 12.9. The van der Waals surface area contributed by atoms with E-state index in [9.17, 15) is 0 Å². The molecule has 3 heteroatoms. The van der Waals surface area contributed by atoms with Crippen LogP contribution in [0.15, 0.2) is 0 Å². The van der Waals surface area contributed by atoms with Crippen LogP contribution in [0.25, 0.3) is 0 Å². The molecule has 2 aliphatic rings. The molecule has 2 saturated heterocycles. The van der Waals surface area contributed by atoms with Gasteiger partial charge in [0.25, 0.3) is 0 Å². The molecule has 0 radical (unpaired) electrons. The first-order valence-corrected chi connectivity index (χ1v) is 6.65. The third kappa shape index (κ3) is 2.34. The smallest absolute Gasteiger partial charge is 0.0717 e. The van der Waals surface area contributed by atoms with Gasteiger partial charge >= 0.3 is 0 Å². The van der Waals surface area contributed by atoms with Crippen molar-refractivity contribution in [3.63, 3.8) is 0 Å². The Bertz CT molecular complexity index is 328. The Morgan fingerprint density at radius 3 is 2.18 bits per heavy atom. The molecule has 0 spiro atoms. The number of hydrogen-bond donors (Lipinski definition) is 0. The zero-order chi connectivity index (χ0) is 12.8. The summed E-state index contributed by atoms with van der Waals surface area (Å²) in [7, 11) is 0. The van der Waals surface area contributed by atoms with Gasteiger partial charge in [-0.15, -0.1) is 0 Å². The van der Waals surface area contributed by atoms with Gasteiger partial charge in [0.15, 0.2) is 0 Å². The second kappa shape index (κ2) is 3.96. The molecule has 0 amide bonds. The van der Waals surface area contributed by atoms with Crippen LogP contribution in [0.4, 0.5) is 0 Å². The van der Waals surface area contributed by atoms with Gasteiger partial charge in [-0.1, -0.05) is 0 Å². The highest BCUT2D eigenvalue weighted by molar-refractivity contribution is 5.05. The van der Waals surface area contributed by atoms with Gasteiger partial charge in [-0.05, 0) is 41.0 Å². The van der Waals surface area contributed by atoms with Crippen LogP contribution < -0.4 is 0 Å². The lowest BCUT2D eigenvalue weighted by Crippen LogP contribution is -2.53. The Balaban J connectivity index is 2.00. The lowest BCUT2D eigenvalue weighted by Gasteiger charge is -2.42. The van der Waals surface area contributed by atoms with Gasteiger partial charge in [0.2, 0.25) is 0 Å². The molecule has 0 aromatic carbocycles. The van der Waals surface area contributed by atoms with E-state index in [0.717, 1.165) is 19.6 Å². The van der Waals surface area contributed by atoms with E-state index in [1.807, 2.05) is 0 Å². The lowest BCUT2D eigenvalue weighted by molar-refractivity contribution is 0.0559. The first-order valence-electron chi connectivity index (χ1n) is 6.65. The Hall–Kier alpha value is -0.590. The first-order chi connectivity index (χ1) is 7.74. The van der Waals surface area contributed by atoms with Crippen LogP contribution in [0.5, 0.6) is 0 Å². The molecule has 2 rings (SSSR count). The predicted octanol–water partition coefficient (Wildman–Crippen LogP) is 2.09. The van der Waals surface area contributed by atoms with Crippen LogP contribution >= 0.6 is 0 Å². The quantitative estimate of drug-likeness (QED) is 0.697. The molecule has 1 atom stereocenters. The molecule has 0 saturated carbocycles. The van der Waals surface area contributed by atoms with Crippen LogP contribution in [0.2, 0.25) is 0 Å². The minimum Gasteiger partial charge on any atom is -0.296 e. The summed E-state index contributed by atoms with van der Waals surface area (Å²) in [6.07, 6.45) is 1.22. The number of rotatable bonds is 1. The highest BCUT2D eigenvalue weighted by Gasteiger charge is 2.47. The summed E-state index contributed by atoms with van der Waals surface area (Å²) in [5.74, 6) is 0.279. The monoisotopic (exact) mass is 235 g/mol. The number of hydrogen-bond acceptors (Lipinski definition) is 3. The molecule has 1 unspecified atom stereocenters. The summed E-state index contributed by atoms with van der Waals surface area (Å²) in [6.45, 7) is 14.7. The molecule has 2 aliphatic heterocycles. The van der Waals surface area contributed by atoms with E-state index in [1.165, 1.54) is 6.42 Å². The average molecular weight is 235 g/mol. The number of nitriles is 1. The van der Waals surface area contributed by atoms with E-state index in [1.54, 1.807) is 0 Å². The summed E-state index contributed by atoms with van der Waals surface area (Å²) in [6, 6.07) is 3.01. The Labute approximate surface area is 105 Å². The van der Waals surface area contributed by atoms with E-state index in [2.05, 4.69) is 50.5 Å². The fourth-order valence-electron chi connectivity index (χ4n) is 3.53. The minimum atomic E-state index is 0.234. The number of likely N-dealkylation sites (tertiary alicyclic amines) is 2. The molecule has 0 N–H and O–H groups in total. The minimum absolute atomic E-state index is 0.234. The highest BCUT2D eigenvalue weighted by Crippen LogP contribution is 2.38. The molecular formula is C14H25N3. The zero-order valence-corrected chi connectivity index (χ0v) is 11.8. The molecule has 0 bridgehead atoms. The Morgan fingerprint density at radius 2 is 1.76 bits per heavy atom. The van der Waals surface area contributed by atoms with Crippen LogP contribution in [0.1, 0.15) is 41.0 Å². The van der Waals surface area contributed by atoms with E-state index in [-0.39, 0.29) is 17.0 Å². The van der Waals surface area contributed by atoms with E-state index < -0.39 is 0 Å². The van der Waals surface area contributed by atoms with E-state index in [4.69, 9.17) is 5.26 Å². The van der Waals surface area contributed by atoms with Gasteiger partial charge < -0.3 is 0 Å². The van der Waals surface area contributed by atoms with Crippen LogP contribution in [-0.4, -0.2) is 46.6 Å². The van der Waals surface area contributed by atoms with Crippen molar-refractivity contribution < 1.29 is 0 Å². The summed E-state index contributed by atoms with van der Waals surface area (Å²) >= 11 is 0. The van der Waals surface area contributed by atoms with Crippen LogP contribution in [0.3, 0.4) is 0 Å². The van der Waals surface area contributed by atoms with E-state index >= 15 is 0 Å². The van der Waals surface area contributed by atoms with Crippen molar-refractivity contribution in [3.8, 4) is 6.07 Å². The maximum atomic E-state index is 8.84. The maximum absolute atomic E-state index is 8.84. The van der Waals surface area contributed by atoms with Crippen molar-refractivity contribution in [1.29, 1.82) is 5.26 Å². The molecule has 96 valence electrons. The summed E-state index contributed by atoms with van der Waals surface area (Å²) in [5.41, 5.74) is 0.512. The number of nitrogens with zero attached hydrogens (tertiary/aromatic N) is 3. The van der Waals surface area contributed by atoms with Crippen molar-refractivity contribution in [2.45, 2.75) is 58.2 Å². The van der Waals surface area contributed by atoms with E-state index in [0.29, 0.717) is 6.04 Å². The molecular weight excluding hydrogens is 210 g/mol. The zero-order valence-electron chi connectivity index (χ0n) is 11.8. The fraction of sp³-hybridized carbons (Fsp3) is 0.929. The predicted molar refractivity (Wildman–Crippen MR) is 69.6 cm³/mol. The largest absolute Gasteiger partial charge is 0.296 e. The second-order valence-electron chi connectivity index (χ2n) is 7.23. The molecule has 3 nitrogen and oxygen atoms in total. The van der Waals surface area contributed by atoms with Gasteiger partial charge in [0, 0.05) is 36.8 Å². The molecule has 2 fully saturated rings. The molecule has 0 aromatic rings. The van der Waals surface area contributed by atoms with Crippen LogP contribution in [-0.2, 0) is 0 Å². The fourth-order valence-corrected chi connectivity index (χ4v) is 3.53. The molecule has 2 heterocycles. The van der Waals surface area contributed by atoms with Gasteiger partial charge in [-0.3, -0.25) is 9.80 Å². The van der Waals surface area contributed by atoms with Crippen molar-refractivity contribution in [3.05, 3.63) is 0 Å². The second-order valence-corrected chi connectivity index (χ2v) is 7.23. The third-order valence-electron chi connectivity index (χ3n) is 4.28. The van der Waals surface area contributed by atoms with Gasteiger partial charge in [0.05, 0.1) is 12.0 Å². The van der Waals surface area contributed by atoms with Crippen LogP contribution in [0, 0.1) is 17.2 Å². The Morgan fingerprint density at radius 1 is 1.18 bits per heavy atom. The normalized spacial score (nSPS) is 31.2. The maximum Gasteiger partial charge on any atom is 0.0717 e. The molecule has 0 aliphatic carbocycles. The summed E-state index contributed by atoms with van der Waals surface area (Å²) in [4.78, 5) is 5.10. The summed E-state index contributed by atoms with van der Waals surface area (Å²) < 4.78 is 0. The van der Waals surface area contributed by atoms with Crippen molar-refractivity contribution >= 4 is 0 Å². The van der Waals surface area contributed by atoms with Crippen molar-refractivity contribution in [2.75, 3.05) is 19.6 Å². The van der Waals surface area contributed by atoms with Gasteiger partial charge in [-0.2, -0.15) is 5.26 Å². The topological polar surface area (TPSA) is 30.3 Å². The summed E-state index contributed by atoms with van der Waals surface area (Å²) in [5, 5.41) is 8.84. The van der Waals surface area contributed by atoms with Gasteiger partial charge in [-0.25, -0.2) is 0 Å². The average Bonchev–Trinajstić information content (AvgIpc) is 2.38. The standard InChI is InChI=1S/C14H25N3/c1-13(2,3)17-10-12(6-14(17,4)5)16-8-11(7-15)9-16/h11-12H,6,8-10H2,1-5H3.